The average Bonchev–Trinajstić information content (AvgIpc) is 3.32. The molecule has 0 radical (unpaired) electrons. The Morgan fingerprint density at radius 1 is 1.21 bits per heavy atom. The number of likely N-dealkylation sites (tertiary alicyclic amines) is 2. The highest BCUT2D eigenvalue weighted by Crippen LogP contribution is 2.41. The number of piperidine rings is 2. The molecule has 3 aliphatic rings. The second kappa shape index (κ2) is 6.56. The molecule has 1 unspecified atom stereocenters. The van der Waals surface area contributed by atoms with Gasteiger partial charge in [0, 0.05) is 44.4 Å². The molecular formula is C17H25F3N2O2. The van der Waals surface area contributed by atoms with E-state index in [1.54, 1.807) is 4.90 Å². The minimum atomic E-state index is -4.29. The Bertz CT molecular complexity index is 505. The van der Waals surface area contributed by atoms with Crippen LogP contribution in [0.5, 0.6) is 0 Å². The van der Waals surface area contributed by atoms with Crippen molar-refractivity contribution in [1.29, 1.82) is 0 Å². The number of alkyl halides is 3. The van der Waals surface area contributed by atoms with Crippen LogP contribution in [0.25, 0.3) is 0 Å². The molecule has 2 heterocycles. The fraction of sp³-hybridized carbons (Fsp3) is 0.882. The van der Waals surface area contributed by atoms with Crippen molar-refractivity contribution in [1.82, 2.24) is 9.80 Å². The third kappa shape index (κ3) is 4.42. The van der Waals surface area contributed by atoms with E-state index in [0.717, 1.165) is 25.8 Å². The standard InChI is InChI=1S/C17H25F3N2O2/c18-17(19,20)8-5-14(23)21-9-1-6-16(11-21)7-4-15(24)22(12-16)10-13-2-3-13/h13H,1-12H2. The molecular weight excluding hydrogens is 321 g/mol. The van der Waals surface area contributed by atoms with Gasteiger partial charge in [-0.2, -0.15) is 13.2 Å². The lowest BCUT2D eigenvalue weighted by Crippen LogP contribution is -2.55. The van der Waals surface area contributed by atoms with Gasteiger partial charge < -0.3 is 9.80 Å². The summed E-state index contributed by atoms with van der Waals surface area (Å²) < 4.78 is 37.0. The van der Waals surface area contributed by atoms with E-state index in [0.29, 0.717) is 32.0 Å². The maximum atomic E-state index is 12.3. The number of halogens is 3. The number of amides is 2. The fourth-order valence-corrected chi connectivity index (χ4v) is 4.04. The van der Waals surface area contributed by atoms with Crippen LogP contribution < -0.4 is 0 Å². The summed E-state index contributed by atoms with van der Waals surface area (Å²) in [6.45, 7) is 2.50. The quantitative estimate of drug-likeness (QED) is 0.785. The van der Waals surface area contributed by atoms with Crippen LogP contribution in [0.2, 0.25) is 0 Å². The van der Waals surface area contributed by atoms with Gasteiger partial charge >= 0.3 is 6.18 Å². The van der Waals surface area contributed by atoms with Crippen molar-refractivity contribution in [3.8, 4) is 0 Å². The van der Waals surface area contributed by atoms with Gasteiger partial charge in [0.2, 0.25) is 11.8 Å². The zero-order chi connectivity index (χ0) is 17.4. The Morgan fingerprint density at radius 3 is 2.62 bits per heavy atom. The van der Waals surface area contributed by atoms with Crippen molar-refractivity contribution in [2.24, 2.45) is 11.3 Å². The van der Waals surface area contributed by atoms with Gasteiger partial charge in [-0.3, -0.25) is 9.59 Å². The van der Waals surface area contributed by atoms with E-state index in [1.807, 2.05) is 4.90 Å². The topological polar surface area (TPSA) is 40.6 Å². The Labute approximate surface area is 140 Å². The zero-order valence-electron chi connectivity index (χ0n) is 13.9. The Kier molecular flexibility index (Phi) is 4.80. The number of nitrogens with zero attached hydrogens (tertiary/aromatic N) is 2. The molecule has 4 nitrogen and oxygen atoms in total. The summed E-state index contributed by atoms with van der Waals surface area (Å²) in [7, 11) is 0. The molecule has 0 N–H and O–H groups in total. The van der Waals surface area contributed by atoms with Gasteiger partial charge in [0.05, 0.1) is 6.42 Å². The lowest BCUT2D eigenvalue weighted by molar-refractivity contribution is -0.153. The molecule has 3 fully saturated rings. The van der Waals surface area contributed by atoms with Crippen molar-refractivity contribution in [2.75, 3.05) is 26.2 Å². The largest absolute Gasteiger partial charge is 0.389 e. The average molecular weight is 346 g/mol. The predicted molar refractivity (Wildman–Crippen MR) is 82.1 cm³/mol. The summed E-state index contributed by atoms with van der Waals surface area (Å²) >= 11 is 0. The number of hydrogen-bond acceptors (Lipinski definition) is 2. The van der Waals surface area contributed by atoms with Crippen molar-refractivity contribution < 1.29 is 22.8 Å². The molecule has 24 heavy (non-hydrogen) atoms. The van der Waals surface area contributed by atoms with E-state index in [4.69, 9.17) is 0 Å². The summed E-state index contributed by atoms with van der Waals surface area (Å²) in [5, 5.41) is 0. The highest BCUT2D eigenvalue weighted by Gasteiger charge is 2.44. The number of rotatable bonds is 4. The lowest BCUT2D eigenvalue weighted by atomic mass is 9.73. The lowest BCUT2D eigenvalue weighted by Gasteiger charge is -2.48. The normalized spacial score (nSPS) is 28.5. The third-order valence-electron chi connectivity index (χ3n) is 5.56. The predicted octanol–water partition coefficient (Wildman–Crippen LogP) is 2.97. The second-order valence-electron chi connectivity index (χ2n) is 7.75. The van der Waals surface area contributed by atoms with Crippen LogP contribution >= 0.6 is 0 Å². The van der Waals surface area contributed by atoms with Crippen LogP contribution in [0, 0.1) is 11.3 Å². The molecule has 0 bridgehead atoms. The fourth-order valence-electron chi connectivity index (χ4n) is 4.04. The molecule has 0 aromatic rings. The maximum Gasteiger partial charge on any atom is 0.389 e. The summed E-state index contributed by atoms with van der Waals surface area (Å²) in [4.78, 5) is 27.8. The number of hydrogen-bond donors (Lipinski definition) is 0. The Morgan fingerprint density at radius 2 is 1.96 bits per heavy atom. The molecule has 136 valence electrons. The van der Waals surface area contributed by atoms with Crippen molar-refractivity contribution in [3.05, 3.63) is 0 Å². The molecule has 1 spiro atoms. The van der Waals surface area contributed by atoms with Gasteiger partial charge in [-0.25, -0.2) is 0 Å². The first-order chi connectivity index (χ1) is 11.3. The Hall–Kier alpha value is -1.27. The molecule has 1 atom stereocenters. The molecule has 1 aliphatic carbocycles. The molecule has 2 amide bonds. The summed E-state index contributed by atoms with van der Waals surface area (Å²) in [6, 6.07) is 0. The molecule has 7 heteroatoms. The van der Waals surface area contributed by atoms with E-state index in [-0.39, 0.29) is 11.3 Å². The van der Waals surface area contributed by atoms with E-state index in [2.05, 4.69) is 0 Å². The molecule has 2 aliphatic heterocycles. The van der Waals surface area contributed by atoms with Gasteiger partial charge in [0.15, 0.2) is 0 Å². The van der Waals surface area contributed by atoms with Gasteiger partial charge in [-0.15, -0.1) is 0 Å². The van der Waals surface area contributed by atoms with Crippen LogP contribution in [0.3, 0.4) is 0 Å². The summed E-state index contributed by atoms with van der Waals surface area (Å²) in [6.07, 6.45) is -0.452. The second-order valence-corrected chi connectivity index (χ2v) is 7.75. The first-order valence-electron chi connectivity index (χ1n) is 8.89. The third-order valence-corrected chi connectivity index (χ3v) is 5.56. The van der Waals surface area contributed by atoms with E-state index in [9.17, 15) is 22.8 Å². The van der Waals surface area contributed by atoms with Crippen LogP contribution in [0.1, 0.15) is 51.4 Å². The molecule has 0 aromatic heterocycles. The maximum absolute atomic E-state index is 12.3. The van der Waals surface area contributed by atoms with E-state index < -0.39 is 24.9 Å². The van der Waals surface area contributed by atoms with E-state index >= 15 is 0 Å². The monoisotopic (exact) mass is 346 g/mol. The number of carbonyl (C=O) groups is 2. The highest BCUT2D eigenvalue weighted by molar-refractivity contribution is 5.78. The minimum absolute atomic E-state index is 0.116. The molecule has 3 rings (SSSR count). The minimum Gasteiger partial charge on any atom is -0.342 e. The molecule has 0 aromatic carbocycles. The van der Waals surface area contributed by atoms with Gasteiger partial charge in [-0.05, 0) is 38.0 Å². The van der Waals surface area contributed by atoms with Crippen molar-refractivity contribution in [3.63, 3.8) is 0 Å². The highest BCUT2D eigenvalue weighted by atomic mass is 19.4. The van der Waals surface area contributed by atoms with Gasteiger partial charge in [0.25, 0.3) is 0 Å². The Balaban J connectivity index is 1.59. The molecule has 1 saturated carbocycles. The first kappa shape index (κ1) is 17.5. The molecule has 2 saturated heterocycles. The summed E-state index contributed by atoms with van der Waals surface area (Å²) in [5.74, 6) is 0.405. The first-order valence-corrected chi connectivity index (χ1v) is 8.89. The van der Waals surface area contributed by atoms with Gasteiger partial charge in [-0.1, -0.05) is 0 Å². The smallest absolute Gasteiger partial charge is 0.342 e. The van der Waals surface area contributed by atoms with Crippen LogP contribution in [0.4, 0.5) is 13.2 Å². The van der Waals surface area contributed by atoms with Crippen molar-refractivity contribution >= 4 is 11.8 Å². The van der Waals surface area contributed by atoms with E-state index in [1.165, 1.54) is 12.8 Å². The SMILES string of the molecule is O=C(CCC(F)(F)F)N1CCCC2(CCC(=O)N(CC3CC3)C2)C1. The number of carbonyl (C=O) groups excluding carboxylic acids is 2. The van der Waals surface area contributed by atoms with Crippen LogP contribution in [0.15, 0.2) is 0 Å². The van der Waals surface area contributed by atoms with Crippen LogP contribution in [-0.2, 0) is 9.59 Å². The van der Waals surface area contributed by atoms with Crippen molar-refractivity contribution in [2.45, 2.75) is 57.5 Å². The zero-order valence-corrected chi connectivity index (χ0v) is 13.9. The van der Waals surface area contributed by atoms with Gasteiger partial charge in [0.1, 0.15) is 0 Å². The summed E-state index contributed by atoms with van der Waals surface area (Å²) in [5.41, 5.74) is -0.116. The van der Waals surface area contributed by atoms with Crippen LogP contribution in [-0.4, -0.2) is 54.0 Å².